The minimum absolute atomic E-state index is 0.0381. The van der Waals surface area contributed by atoms with Gasteiger partial charge in [0.25, 0.3) is 5.69 Å². The number of allylic oxidation sites excluding steroid dienone is 2. The number of non-ortho nitro benzene ring substituents is 1. The maximum atomic E-state index is 13.3. The number of carboxylic acids is 1. The van der Waals surface area contributed by atoms with E-state index in [0.717, 1.165) is 25.7 Å². The first-order chi connectivity index (χ1) is 15.0. The first-order valence-corrected chi connectivity index (χ1v) is 10.9. The number of nitro groups is 1. The number of hydrogen-bond acceptors (Lipinski definition) is 6. The highest BCUT2D eigenvalue weighted by Gasteiger charge is 2.39. The van der Waals surface area contributed by atoms with Crippen LogP contribution >= 0.6 is 0 Å². The summed E-state index contributed by atoms with van der Waals surface area (Å²) in [7, 11) is 0. The van der Waals surface area contributed by atoms with E-state index in [2.05, 4.69) is 12.2 Å². The molecule has 8 heteroatoms. The van der Waals surface area contributed by atoms with Crippen LogP contribution in [0.5, 0.6) is 0 Å². The van der Waals surface area contributed by atoms with Crippen LogP contribution in [0.15, 0.2) is 46.8 Å². The number of hydrogen-bond donors (Lipinski definition) is 2. The number of benzene rings is 1. The molecule has 0 saturated carbocycles. The number of unbranched alkanes of at least 4 members (excludes halogenated alkanes) is 3. The molecular formula is C24H32N2O6. The molecule has 0 bridgehead atoms. The van der Waals surface area contributed by atoms with Crippen LogP contribution in [0.1, 0.15) is 78.2 Å². The Balaban J connectivity index is 2.45. The molecule has 0 fully saturated rings. The molecule has 1 aromatic carbocycles. The Kier molecular flexibility index (Phi) is 8.19. The van der Waals surface area contributed by atoms with Gasteiger partial charge in [-0.25, -0.2) is 9.59 Å². The zero-order chi connectivity index (χ0) is 24.1. The fraction of sp³-hybridized carbons (Fsp3) is 0.500. The van der Waals surface area contributed by atoms with Crippen molar-refractivity contribution < 1.29 is 24.4 Å². The van der Waals surface area contributed by atoms with Gasteiger partial charge in [-0.15, -0.1) is 0 Å². The number of nitro benzene ring substituents is 1. The number of nitrogens with one attached hydrogen (secondary N) is 1. The number of ether oxygens (including phenoxy) is 1. The Bertz CT molecular complexity index is 961. The van der Waals surface area contributed by atoms with Gasteiger partial charge in [0, 0.05) is 23.5 Å². The van der Waals surface area contributed by atoms with Crippen molar-refractivity contribution in [1.29, 1.82) is 0 Å². The van der Waals surface area contributed by atoms with Crippen molar-refractivity contribution in [3.63, 3.8) is 0 Å². The lowest BCUT2D eigenvalue weighted by Gasteiger charge is -2.32. The summed E-state index contributed by atoms with van der Waals surface area (Å²) >= 11 is 0. The number of carboxylic acid groups (broad SMARTS) is 1. The summed E-state index contributed by atoms with van der Waals surface area (Å²) in [5.74, 6) is -2.82. The maximum absolute atomic E-state index is 13.3. The van der Waals surface area contributed by atoms with Crippen LogP contribution in [0.2, 0.25) is 0 Å². The predicted molar refractivity (Wildman–Crippen MR) is 121 cm³/mol. The molecule has 1 unspecified atom stereocenters. The molecule has 1 aliphatic rings. The van der Waals surface area contributed by atoms with Gasteiger partial charge in [-0.1, -0.05) is 38.3 Å². The average molecular weight is 445 g/mol. The Morgan fingerprint density at radius 1 is 1.16 bits per heavy atom. The van der Waals surface area contributed by atoms with Crippen LogP contribution in [0.4, 0.5) is 5.69 Å². The molecule has 32 heavy (non-hydrogen) atoms. The second kappa shape index (κ2) is 10.4. The monoisotopic (exact) mass is 444 g/mol. The number of carbonyl (C=O) groups is 2. The first kappa shape index (κ1) is 25.1. The van der Waals surface area contributed by atoms with Crippen molar-refractivity contribution in [1.82, 2.24) is 5.32 Å². The highest BCUT2D eigenvalue weighted by Crippen LogP contribution is 2.40. The summed E-state index contributed by atoms with van der Waals surface area (Å²) < 4.78 is 5.83. The van der Waals surface area contributed by atoms with Gasteiger partial charge in [-0.05, 0) is 46.1 Å². The maximum Gasteiger partial charge on any atom is 0.337 e. The smallest absolute Gasteiger partial charge is 0.337 e. The second-order valence-corrected chi connectivity index (χ2v) is 8.75. The SMILES string of the molecule is CCCCCCC(C)(C)OC(=O)C1=C(C)NC(C)=C(C(=O)O)C1c1cccc([N+](=O)[O-])c1. The normalized spacial score (nSPS) is 16.6. The van der Waals surface area contributed by atoms with Crippen molar-refractivity contribution in [2.45, 2.75) is 78.2 Å². The number of carbonyl (C=O) groups excluding carboxylic acids is 1. The third kappa shape index (κ3) is 5.96. The van der Waals surface area contributed by atoms with Crippen molar-refractivity contribution in [2.75, 3.05) is 0 Å². The van der Waals surface area contributed by atoms with E-state index in [-0.39, 0.29) is 16.8 Å². The largest absolute Gasteiger partial charge is 0.478 e. The molecule has 0 amide bonds. The predicted octanol–water partition coefficient (Wildman–Crippen LogP) is 5.21. The van der Waals surface area contributed by atoms with E-state index in [0.29, 0.717) is 23.4 Å². The van der Waals surface area contributed by atoms with Gasteiger partial charge in [0.2, 0.25) is 0 Å². The Hall–Kier alpha value is -3.16. The van der Waals surface area contributed by atoms with E-state index in [1.165, 1.54) is 18.2 Å². The fourth-order valence-corrected chi connectivity index (χ4v) is 4.03. The molecule has 174 valence electrons. The van der Waals surface area contributed by atoms with Gasteiger partial charge < -0.3 is 15.2 Å². The molecule has 2 N–H and O–H groups in total. The molecule has 0 aliphatic carbocycles. The third-order valence-corrected chi connectivity index (χ3v) is 5.63. The standard InChI is InChI=1S/C24H32N2O6/c1-6-7-8-9-13-24(4,5)32-23(29)20-16(3)25-15(2)19(22(27)28)21(20)17-11-10-12-18(14-17)26(30)31/h10-12,14,21,25H,6-9,13H2,1-5H3,(H,27,28). The van der Waals surface area contributed by atoms with Crippen LogP contribution in [0, 0.1) is 10.1 Å². The molecule has 0 saturated heterocycles. The summed E-state index contributed by atoms with van der Waals surface area (Å²) in [6.45, 7) is 9.09. The summed E-state index contributed by atoms with van der Waals surface area (Å²) in [6.07, 6.45) is 4.85. The number of dihydropyridines is 1. The van der Waals surface area contributed by atoms with Crippen molar-refractivity contribution in [3.8, 4) is 0 Å². The molecule has 0 spiro atoms. The van der Waals surface area contributed by atoms with Gasteiger partial charge in [-0.2, -0.15) is 0 Å². The van der Waals surface area contributed by atoms with E-state index in [1.807, 2.05) is 13.8 Å². The van der Waals surface area contributed by atoms with Crippen LogP contribution in [0.3, 0.4) is 0 Å². The summed E-state index contributed by atoms with van der Waals surface area (Å²) in [6, 6.07) is 5.72. The highest BCUT2D eigenvalue weighted by molar-refractivity contribution is 5.99. The van der Waals surface area contributed by atoms with Crippen LogP contribution in [-0.4, -0.2) is 27.6 Å². The van der Waals surface area contributed by atoms with E-state index in [1.54, 1.807) is 19.9 Å². The zero-order valence-electron chi connectivity index (χ0n) is 19.4. The molecular weight excluding hydrogens is 412 g/mol. The summed E-state index contributed by atoms with van der Waals surface area (Å²) in [4.78, 5) is 36.2. The van der Waals surface area contributed by atoms with Crippen LogP contribution < -0.4 is 5.32 Å². The highest BCUT2D eigenvalue weighted by atomic mass is 16.6. The molecule has 1 aromatic rings. The van der Waals surface area contributed by atoms with Gasteiger partial charge in [0.15, 0.2) is 0 Å². The van der Waals surface area contributed by atoms with Gasteiger partial charge in [-0.3, -0.25) is 10.1 Å². The van der Waals surface area contributed by atoms with E-state index in [9.17, 15) is 24.8 Å². The van der Waals surface area contributed by atoms with E-state index >= 15 is 0 Å². The number of nitrogens with zero attached hydrogens (tertiary/aromatic N) is 1. The fourth-order valence-electron chi connectivity index (χ4n) is 4.03. The van der Waals surface area contributed by atoms with Crippen LogP contribution in [-0.2, 0) is 14.3 Å². The average Bonchev–Trinajstić information content (AvgIpc) is 2.69. The lowest BCUT2D eigenvalue weighted by atomic mass is 9.80. The number of aliphatic carboxylic acids is 1. The van der Waals surface area contributed by atoms with Gasteiger partial charge in [0.05, 0.1) is 22.0 Å². The van der Waals surface area contributed by atoms with Crippen molar-refractivity contribution in [2.24, 2.45) is 0 Å². The Labute approximate surface area is 188 Å². The molecule has 0 radical (unpaired) electrons. The Morgan fingerprint density at radius 3 is 2.41 bits per heavy atom. The van der Waals surface area contributed by atoms with Crippen molar-refractivity contribution in [3.05, 3.63) is 62.5 Å². The minimum atomic E-state index is -1.21. The Morgan fingerprint density at radius 2 is 1.81 bits per heavy atom. The summed E-state index contributed by atoms with van der Waals surface area (Å²) in [5, 5.41) is 24.2. The topological polar surface area (TPSA) is 119 Å². The van der Waals surface area contributed by atoms with Crippen molar-refractivity contribution >= 4 is 17.6 Å². The van der Waals surface area contributed by atoms with E-state index in [4.69, 9.17) is 4.74 Å². The second-order valence-electron chi connectivity index (χ2n) is 8.75. The minimum Gasteiger partial charge on any atom is -0.478 e. The quantitative estimate of drug-likeness (QED) is 0.220. The van der Waals surface area contributed by atoms with E-state index < -0.39 is 28.4 Å². The first-order valence-electron chi connectivity index (χ1n) is 10.9. The summed E-state index contributed by atoms with van der Waals surface area (Å²) in [5.41, 5.74) is 0.399. The van der Waals surface area contributed by atoms with Crippen LogP contribution in [0.25, 0.3) is 0 Å². The molecule has 8 nitrogen and oxygen atoms in total. The molecule has 1 aliphatic heterocycles. The lowest BCUT2D eigenvalue weighted by molar-refractivity contribution is -0.384. The molecule has 0 aromatic heterocycles. The lowest BCUT2D eigenvalue weighted by Crippen LogP contribution is -2.35. The number of esters is 1. The molecule has 2 rings (SSSR count). The van der Waals surface area contributed by atoms with Gasteiger partial charge >= 0.3 is 11.9 Å². The molecule has 1 atom stereocenters. The number of rotatable bonds is 10. The third-order valence-electron chi connectivity index (χ3n) is 5.63. The zero-order valence-corrected chi connectivity index (χ0v) is 19.4. The molecule has 1 heterocycles. The van der Waals surface area contributed by atoms with Gasteiger partial charge in [0.1, 0.15) is 5.60 Å².